The molecule has 0 spiro atoms. The van der Waals surface area contributed by atoms with Crippen LogP contribution in [-0.4, -0.2) is 20.9 Å². The molecule has 0 fully saturated rings. The van der Waals surface area contributed by atoms with Gasteiger partial charge in [-0.2, -0.15) is 0 Å². The molecule has 0 saturated heterocycles. The number of hydrogen-bond donors (Lipinski definition) is 2. The standard InChI is InChI=1S/C15H24N2O3S/c1-5-6-10-16-21(19,20)13-9-7-8-12(11-13)17-14(18)15(2,3)4/h7-9,11,16H,5-6,10H2,1-4H3,(H,17,18). The van der Waals surface area contributed by atoms with Crippen molar-refractivity contribution in [2.45, 2.75) is 45.4 Å². The largest absolute Gasteiger partial charge is 0.326 e. The van der Waals surface area contributed by atoms with Crippen molar-refractivity contribution < 1.29 is 13.2 Å². The number of unbranched alkanes of at least 4 members (excludes halogenated alkanes) is 1. The smallest absolute Gasteiger partial charge is 0.240 e. The lowest BCUT2D eigenvalue weighted by atomic mass is 9.95. The highest BCUT2D eigenvalue weighted by molar-refractivity contribution is 7.89. The number of hydrogen-bond acceptors (Lipinski definition) is 3. The average molecular weight is 312 g/mol. The maximum absolute atomic E-state index is 12.1. The van der Waals surface area contributed by atoms with Crippen LogP contribution in [0.4, 0.5) is 5.69 Å². The number of nitrogens with one attached hydrogen (secondary N) is 2. The zero-order chi connectivity index (χ0) is 16.1. The van der Waals surface area contributed by atoms with E-state index in [-0.39, 0.29) is 10.8 Å². The summed E-state index contributed by atoms with van der Waals surface area (Å²) in [5, 5.41) is 2.73. The summed E-state index contributed by atoms with van der Waals surface area (Å²) in [6, 6.07) is 6.28. The Bertz CT molecular complexity index is 589. The first-order valence-electron chi connectivity index (χ1n) is 7.08. The van der Waals surface area contributed by atoms with Gasteiger partial charge in [-0.05, 0) is 24.6 Å². The summed E-state index contributed by atoms with van der Waals surface area (Å²) in [6.07, 6.45) is 1.71. The Balaban J connectivity index is 2.88. The molecule has 0 aliphatic heterocycles. The van der Waals surface area contributed by atoms with E-state index in [0.29, 0.717) is 12.2 Å². The van der Waals surface area contributed by atoms with Crippen LogP contribution in [0.3, 0.4) is 0 Å². The van der Waals surface area contributed by atoms with Gasteiger partial charge in [0.05, 0.1) is 4.90 Å². The van der Waals surface area contributed by atoms with Gasteiger partial charge in [0.25, 0.3) is 0 Å². The molecule has 5 nitrogen and oxygen atoms in total. The molecule has 0 atom stereocenters. The van der Waals surface area contributed by atoms with Crippen LogP contribution in [0.15, 0.2) is 29.2 Å². The molecule has 1 amide bonds. The van der Waals surface area contributed by atoms with Crippen molar-refractivity contribution in [2.75, 3.05) is 11.9 Å². The first-order chi connectivity index (χ1) is 9.66. The van der Waals surface area contributed by atoms with Crippen LogP contribution in [-0.2, 0) is 14.8 Å². The fourth-order valence-corrected chi connectivity index (χ4v) is 2.65. The number of amides is 1. The monoisotopic (exact) mass is 312 g/mol. The highest BCUT2D eigenvalue weighted by Gasteiger charge is 2.22. The van der Waals surface area contributed by atoms with E-state index in [1.165, 1.54) is 12.1 Å². The molecule has 6 heteroatoms. The van der Waals surface area contributed by atoms with Crippen molar-refractivity contribution in [3.05, 3.63) is 24.3 Å². The number of rotatable bonds is 6. The normalized spacial score (nSPS) is 12.2. The summed E-state index contributed by atoms with van der Waals surface area (Å²) < 4.78 is 26.8. The van der Waals surface area contributed by atoms with Gasteiger partial charge in [-0.25, -0.2) is 13.1 Å². The quantitative estimate of drug-likeness (QED) is 0.793. The predicted octanol–water partition coefficient (Wildman–Crippen LogP) is 2.75. The molecule has 0 saturated carbocycles. The first-order valence-corrected chi connectivity index (χ1v) is 8.56. The molecule has 0 aromatic heterocycles. The van der Waals surface area contributed by atoms with Crippen LogP contribution < -0.4 is 10.0 Å². The van der Waals surface area contributed by atoms with E-state index < -0.39 is 15.4 Å². The summed E-state index contributed by atoms with van der Waals surface area (Å²) in [7, 11) is -3.53. The minimum atomic E-state index is -3.53. The Hall–Kier alpha value is -1.40. The maximum Gasteiger partial charge on any atom is 0.240 e. The Kier molecular flexibility index (Phi) is 5.92. The number of sulfonamides is 1. The third-order valence-corrected chi connectivity index (χ3v) is 4.36. The predicted molar refractivity (Wildman–Crippen MR) is 84.6 cm³/mol. The minimum Gasteiger partial charge on any atom is -0.326 e. The Morgan fingerprint density at radius 3 is 2.48 bits per heavy atom. The zero-order valence-corrected chi connectivity index (χ0v) is 13.9. The molecule has 118 valence electrons. The van der Waals surface area contributed by atoms with Gasteiger partial charge < -0.3 is 5.32 Å². The van der Waals surface area contributed by atoms with Gasteiger partial charge in [0.2, 0.25) is 15.9 Å². The van der Waals surface area contributed by atoms with E-state index in [4.69, 9.17) is 0 Å². The molecular weight excluding hydrogens is 288 g/mol. The summed E-state index contributed by atoms with van der Waals surface area (Å²) in [5.41, 5.74) is -0.0536. The molecule has 0 aliphatic rings. The lowest BCUT2D eigenvalue weighted by Gasteiger charge is -2.18. The third-order valence-electron chi connectivity index (χ3n) is 2.91. The van der Waals surface area contributed by atoms with Crippen LogP contribution in [0.5, 0.6) is 0 Å². The van der Waals surface area contributed by atoms with Gasteiger partial charge in [0, 0.05) is 17.6 Å². The van der Waals surface area contributed by atoms with Gasteiger partial charge in [-0.3, -0.25) is 4.79 Å². The highest BCUT2D eigenvalue weighted by atomic mass is 32.2. The molecule has 1 aromatic carbocycles. The summed E-state index contributed by atoms with van der Waals surface area (Å²) in [4.78, 5) is 12.1. The minimum absolute atomic E-state index is 0.156. The van der Waals surface area contributed by atoms with E-state index in [2.05, 4.69) is 10.0 Å². The first kappa shape index (κ1) is 17.7. The molecule has 21 heavy (non-hydrogen) atoms. The molecule has 0 bridgehead atoms. The molecule has 0 unspecified atom stereocenters. The van der Waals surface area contributed by atoms with Crippen LogP contribution in [0.25, 0.3) is 0 Å². The van der Waals surface area contributed by atoms with Crippen molar-refractivity contribution in [1.82, 2.24) is 4.72 Å². The van der Waals surface area contributed by atoms with Gasteiger partial charge in [-0.15, -0.1) is 0 Å². The fraction of sp³-hybridized carbons (Fsp3) is 0.533. The second-order valence-corrected chi connectivity index (χ2v) is 7.75. The van der Waals surface area contributed by atoms with Gasteiger partial charge >= 0.3 is 0 Å². The second-order valence-electron chi connectivity index (χ2n) is 5.98. The van der Waals surface area contributed by atoms with Crippen LogP contribution >= 0.6 is 0 Å². The maximum atomic E-state index is 12.1. The van der Waals surface area contributed by atoms with Crippen LogP contribution in [0, 0.1) is 5.41 Å². The second kappa shape index (κ2) is 7.04. The molecule has 1 rings (SSSR count). The van der Waals surface area contributed by atoms with Crippen molar-refractivity contribution >= 4 is 21.6 Å². The van der Waals surface area contributed by atoms with Crippen molar-refractivity contribution in [3.63, 3.8) is 0 Å². The Morgan fingerprint density at radius 1 is 1.24 bits per heavy atom. The number of carbonyl (C=O) groups excluding carboxylic acids is 1. The van der Waals surface area contributed by atoms with E-state index in [0.717, 1.165) is 12.8 Å². The van der Waals surface area contributed by atoms with Gasteiger partial charge in [-0.1, -0.05) is 40.2 Å². The third kappa shape index (κ3) is 5.47. The van der Waals surface area contributed by atoms with E-state index >= 15 is 0 Å². The van der Waals surface area contributed by atoms with Crippen LogP contribution in [0.2, 0.25) is 0 Å². The van der Waals surface area contributed by atoms with E-state index in [1.54, 1.807) is 32.9 Å². The summed E-state index contributed by atoms with van der Waals surface area (Å²) >= 11 is 0. The molecule has 0 radical (unpaired) electrons. The van der Waals surface area contributed by atoms with Gasteiger partial charge in [0.1, 0.15) is 0 Å². The topological polar surface area (TPSA) is 75.3 Å². The lowest BCUT2D eigenvalue weighted by Crippen LogP contribution is -2.28. The molecule has 0 heterocycles. The molecular formula is C15H24N2O3S. The van der Waals surface area contributed by atoms with E-state index in [9.17, 15) is 13.2 Å². The SMILES string of the molecule is CCCCNS(=O)(=O)c1cccc(NC(=O)C(C)(C)C)c1. The Morgan fingerprint density at radius 2 is 1.90 bits per heavy atom. The van der Waals surface area contributed by atoms with Crippen molar-refractivity contribution in [2.24, 2.45) is 5.41 Å². The fourth-order valence-electron chi connectivity index (χ4n) is 1.53. The number of carbonyl (C=O) groups is 1. The lowest BCUT2D eigenvalue weighted by molar-refractivity contribution is -0.123. The molecule has 2 N–H and O–H groups in total. The van der Waals surface area contributed by atoms with Crippen molar-refractivity contribution in [1.29, 1.82) is 0 Å². The molecule has 0 aliphatic carbocycles. The number of benzene rings is 1. The average Bonchev–Trinajstić information content (AvgIpc) is 2.38. The zero-order valence-electron chi connectivity index (χ0n) is 13.1. The Labute approximate surface area is 127 Å². The summed E-state index contributed by atoms with van der Waals surface area (Å²) in [6.45, 7) is 7.81. The van der Waals surface area contributed by atoms with Crippen LogP contribution in [0.1, 0.15) is 40.5 Å². The van der Waals surface area contributed by atoms with Gasteiger partial charge in [0.15, 0.2) is 0 Å². The van der Waals surface area contributed by atoms with E-state index in [1.807, 2.05) is 6.92 Å². The van der Waals surface area contributed by atoms with Crippen molar-refractivity contribution in [3.8, 4) is 0 Å². The summed E-state index contributed by atoms with van der Waals surface area (Å²) in [5.74, 6) is -0.156. The number of anilines is 1. The molecule has 1 aromatic rings. The highest BCUT2D eigenvalue weighted by Crippen LogP contribution is 2.19.